The first-order chi connectivity index (χ1) is 7.18. The van der Waals surface area contributed by atoms with Crippen LogP contribution >= 0.6 is 0 Å². The van der Waals surface area contributed by atoms with Crippen molar-refractivity contribution in [1.82, 2.24) is 15.5 Å². The number of piperidine rings is 1. The van der Waals surface area contributed by atoms with Gasteiger partial charge in [-0.25, -0.2) is 0 Å². The molecule has 4 heteroatoms. The van der Waals surface area contributed by atoms with E-state index in [9.17, 15) is 5.11 Å². The minimum atomic E-state index is -0.466. The van der Waals surface area contributed by atoms with Crippen molar-refractivity contribution in [2.24, 2.45) is 0 Å². The molecule has 0 spiro atoms. The Morgan fingerprint density at radius 1 is 1.47 bits per heavy atom. The number of hydrogen-bond acceptors (Lipinski definition) is 4. The molecule has 4 nitrogen and oxygen atoms in total. The van der Waals surface area contributed by atoms with Crippen LogP contribution in [0.5, 0.6) is 0 Å². The van der Waals surface area contributed by atoms with Gasteiger partial charge >= 0.3 is 0 Å². The molecule has 0 bridgehead atoms. The standard InChI is InChI=1S/C11H23N3O/c1-14-7-2-10(8-14)13-9-11(15)3-5-12-6-4-11/h10,12-13,15H,2-9H2,1H3. The molecule has 2 aliphatic rings. The molecule has 2 saturated heterocycles. The van der Waals surface area contributed by atoms with Crippen LogP contribution in [0.1, 0.15) is 19.3 Å². The van der Waals surface area contributed by atoms with Crippen LogP contribution in [0.4, 0.5) is 0 Å². The molecule has 0 radical (unpaired) electrons. The second kappa shape index (κ2) is 4.78. The smallest absolute Gasteiger partial charge is 0.0795 e. The maximum Gasteiger partial charge on any atom is 0.0795 e. The summed E-state index contributed by atoms with van der Waals surface area (Å²) in [7, 11) is 2.15. The van der Waals surface area contributed by atoms with Crippen molar-refractivity contribution in [3.8, 4) is 0 Å². The lowest BCUT2D eigenvalue weighted by atomic mass is 9.92. The predicted octanol–water partition coefficient (Wildman–Crippen LogP) is -0.605. The lowest BCUT2D eigenvalue weighted by Crippen LogP contribution is -2.50. The van der Waals surface area contributed by atoms with Crippen molar-refractivity contribution in [3.05, 3.63) is 0 Å². The van der Waals surface area contributed by atoms with Gasteiger partial charge in [-0.3, -0.25) is 0 Å². The van der Waals surface area contributed by atoms with Crippen molar-refractivity contribution >= 4 is 0 Å². The zero-order valence-corrected chi connectivity index (χ0v) is 9.63. The Kier molecular flexibility index (Phi) is 3.61. The van der Waals surface area contributed by atoms with Crippen LogP contribution < -0.4 is 10.6 Å². The molecule has 0 amide bonds. The second-order valence-corrected chi connectivity index (χ2v) is 5.10. The molecule has 0 aliphatic carbocycles. The first kappa shape index (κ1) is 11.3. The maximum atomic E-state index is 10.3. The fraction of sp³-hybridized carbons (Fsp3) is 1.00. The zero-order valence-electron chi connectivity index (χ0n) is 9.63. The molecule has 0 aromatic carbocycles. The molecule has 2 fully saturated rings. The Hall–Kier alpha value is -0.160. The Balaban J connectivity index is 1.72. The van der Waals surface area contributed by atoms with Crippen molar-refractivity contribution in [2.45, 2.75) is 30.9 Å². The molecule has 3 N–H and O–H groups in total. The highest BCUT2D eigenvalue weighted by Crippen LogP contribution is 2.17. The average Bonchev–Trinajstić information content (AvgIpc) is 2.63. The van der Waals surface area contributed by atoms with E-state index in [1.165, 1.54) is 13.0 Å². The van der Waals surface area contributed by atoms with E-state index in [-0.39, 0.29) is 0 Å². The SMILES string of the molecule is CN1CCC(NCC2(O)CCNCC2)C1. The lowest BCUT2D eigenvalue weighted by molar-refractivity contribution is 0.00910. The zero-order chi connectivity index (χ0) is 10.7. The number of likely N-dealkylation sites (N-methyl/N-ethyl adjacent to an activating group) is 1. The van der Waals surface area contributed by atoms with Gasteiger partial charge in [0.05, 0.1) is 5.60 Å². The molecule has 1 atom stereocenters. The quantitative estimate of drug-likeness (QED) is 0.586. The number of nitrogens with one attached hydrogen (secondary N) is 2. The van der Waals surface area contributed by atoms with Gasteiger partial charge in [-0.1, -0.05) is 0 Å². The van der Waals surface area contributed by atoms with Crippen molar-refractivity contribution in [1.29, 1.82) is 0 Å². The molecule has 0 saturated carbocycles. The highest BCUT2D eigenvalue weighted by atomic mass is 16.3. The number of likely N-dealkylation sites (tertiary alicyclic amines) is 1. The largest absolute Gasteiger partial charge is 0.388 e. The highest BCUT2D eigenvalue weighted by Gasteiger charge is 2.30. The van der Waals surface area contributed by atoms with Crippen LogP contribution in [0.2, 0.25) is 0 Å². The summed E-state index contributed by atoms with van der Waals surface area (Å²) in [5, 5.41) is 17.1. The van der Waals surface area contributed by atoms with E-state index in [1.54, 1.807) is 0 Å². The van der Waals surface area contributed by atoms with Gasteiger partial charge in [0.1, 0.15) is 0 Å². The Labute approximate surface area is 92.0 Å². The van der Waals surface area contributed by atoms with Gasteiger partial charge < -0.3 is 20.6 Å². The monoisotopic (exact) mass is 213 g/mol. The lowest BCUT2D eigenvalue weighted by Gasteiger charge is -2.33. The first-order valence-electron chi connectivity index (χ1n) is 6.03. The van der Waals surface area contributed by atoms with E-state index in [1.807, 2.05) is 0 Å². The topological polar surface area (TPSA) is 47.5 Å². The van der Waals surface area contributed by atoms with Crippen molar-refractivity contribution < 1.29 is 5.11 Å². The summed E-state index contributed by atoms with van der Waals surface area (Å²) in [5.74, 6) is 0. The minimum absolute atomic E-state index is 0.466. The summed E-state index contributed by atoms with van der Waals surface area (Å²) in [6, 6.07) is 0.578. The predicted molar refractivity (Wildman–Crippen MR) is 61.0 cm³/mol. The third-order valence-corrected chi connectivity index (χ3v) is 3.65. The van der Waals surface area contributed by atoms with E-state index < -0.39 is 5.60 Å². The Bertz CT molecular complexity index is 204. The Morgan fingerprint density at radius 2 is 2.20 bits per heavy atom. The van der Waals surface area contributed by atoms with E-state index in [2.05, 4.69) is 22.6 Å². The van der Waals surface area contributed by atoms with Gasteiger partial charge in [-0.05, 0) is 45.9 Å². The van der Waals surface area contributed by atoms with Crippen LogP contribution in [-0.2, 0) is 0 Å². The molecule has 88 valence electrons. The van der Waals surface area contributed by atoms with E-state index in [0.29, 0.717) is 6.04 Å². The van der Waals surface area contributed by atoms with Crippen molar-refractivity contribution in [3.63, 3.8) is 0 Å². The molecule has 0 aromatic heterocycles. The van der Waals surface area contributed by atoms with Gasteiger partial charge in [-0.15, -0.1) is 0 Å². The maximum absolute atomic E-state index is 10.3. The molecule has 0 aromatic rings. The first-order valence-corrected chi connectivity index (χ1v) is 6.03. The molecular weight excluding hydrogens is 190 g/mol. The van der Waals surface area contributed by atoms with Crippen LogP contribution in [0.3, 0.4) is 0 Å². The molecule has 2 heterocycles. The summed E-state index contributed by atoms with van der Waals surface area (Å²) in [4.78, 5) is 2.34. The van der Waals surface area contributed by atoms with Gasteiger partial charge in [0.25, 0.3) is 0 Å². The fourth-order valence-corrected chi connectivity index (χ4v) is 2.50. The van der Waals surface area contributed by atoms with Crippen LogP contribution in [-0.4, -0.2) is 61.4 Å². The number of hydrogen-bond donors (Lipinski definition) is 3. The molecule has 15 heavy (non-hydrogen) atoms. The Morgan fingerprint density at radius 3 is 2.80 bits per heavy atom. The summed E-state index contributed by atoms with van der Waals surface area (Å²) in [5.41, 5.74) is -0.466. The van der Waals surface area contributed by atoms with E-state index in [0.717, 1.165) is 39.0 Å². The average molecular weight is 213 g/mol. The number of rotatable bonds is 3. The van der Waals surface area contributed by atoms with E-state index in [4.69, 9.17) is 0 Å². The van der Waals surface area contributed by atoms with Gasteiger partial charge in [-0.2, -0.15) is 0 Å². The van der Waals surface area contributed by atoms with Crippen LogP contribution in [0.25, 0.3) is 0 Å². The molecule has 2 aliphatic heterocycles. The molecule has 2 rings (SSSR count). The normalized spacial score (nSPS) is 32.0. The molecular formula is C11H23N3O. The highest BCUT2D eigenvalue weighted by molar-refractivity contribution is 4.89. The summed E-state index contributed by atoms with van der Waals surface area (Å²) >= 11 is 0. The summed E-state index contributed by atoms with van der Waals surface area (Å²) < 4.78 is 0. The van der Waals surface area contributed by atoms with Gasteiger partial charge in [0, 0.05) is 19.1 Å². The van der Waals surface area contributed by atoms with Crippen LogP contribution in [0, 0.1) is 0 Å². The van der Waals surface area contributed by atoms with Crippen molar-refractivity contribution in [2.75, 3.05) is 39.8 Å². The number of nitrogens with zero attached hydrogens (tertiary/aromatic N) is 1. The molecule has 1 unspecified atom stereocenters. The van der Waals surface area contributed by atoms with Gasteiger partial charge in [0.2, 0.25) is 0 Å². The summed E-state index contributed by atoms with van der Waals surface area (Å²) in [6.45, 7) is 4.95. The van der Waals surface area contributed by atoms with Crippen LogP contribution in [0.15, 0.2) is 0 Å². The van der Waals surface area contributed by atoms with E-state index >= 15 is 0 Å². The third-order valence-electron chi connectivity index (χ3n) is 3.65. The summed E-state index contributed by atoms with van der Waals surface area (Å²) in [6.07, 6.45) is 2.97. The minimum Gasteiger partial charge on any atom is -0.388 e. The second-order valence-electron chi connectivity index (χ2n) is 5.10. The fourth-order valence-electron chi connectivity index (χ4n) is 2.50. The number of aliphatic hydroxyl groups is 1. The van der Waals surface area contributed by atoms with Gasteiger partial charge in [0.15, 0.2) is 0 Å². The third kappa shape index (κ3) is 3.14.